The zero-order chi connectivity index (χ0) is 19.1. The number of nitro groups is 1. The first-order chi connectivity index (χ1) is 12.4. The summed E-state index contributed by atoms with van der Waals surface area (Å²) in [5.74, 6) is -0.859. The van der Waals surface area contributed by atoms with E-state index in [1.54, 1.807) is 6.07 Å². The van der Waals surface area contributed by atoms with Gasteiger partial charge in [0.25, 0.3) is 17.5 Å². The van der Waals surface area contributed by atoms with Crippen LogP contribution in [0.15, 0.2) is 47.6 Å². The van der Waals surface area contributed by atoms with Crippen LogP contribution in [0, 0.1) is 10.1 Å². The number of hydrogen-bond acceptors (Lipinski definition) is 6. The predicted octanol–water partition coefficient (Wildman–Crippen LogP) is 1.88. The maximum Gasteiger partial charge on any atom is 0.271 e. The predicted molar refractivity (Wildman–Crippen MR) is 94.3 cm³/mol. The Morgan fingerprint density at radius 2 is 1.96 bits per heavy atom. The van der Waals surface area contributed by atoms with Crippen LogP contribution in [0.5, 0.6) is 5.75 Å². The van der Waals surface area contributed by atoms with Gasteiger partial charge in [0.05, 0.1) is 16.2 Å². The standard InChI is InChI=1S/C16H13ClN4O5/c17-13-7-10(1-6-14(13)26-9-15(18)22)8-19-20-16(23)11-2-4-12(5-3-11)21(24)25/h1-8H,9H2,(H2,18,22)(H,20,23)/b19-8+. The van der Waals surface area contributed by atoms with Crippen molar-refractivity contribution in [2.45, 2.75) is 0 Å². The molecule has 0 saturated carbocycles. The number of ether oxygens (including phenoxy) is 1. The molecular formula is C16H13ClN4O5. The van der Waals surface area contributed by atoms with Crippen molar-refractivity contribution in [2.75, 3.05) is 6.61 Å². The number of carbonyl (C=O) groups excluding carboxylic acids is 2. The molecule has 134 valence electrons. The zero-order valence-corrected chi connectivity index (χ0v) is 14.0. The van der Waals surface area contributed by atoms with Gasteiger partial charge in [-0.05, 0) is 35.9 Å². The number of amides is 2. The molecule has 0 aliphatic carbocycles. The average molecular weight is 377 g/mol. The maximum atomic E-state index is 11.9. The highest BCUT2D eigenvalue weighted by Gasteiger charge is 2.08. The summed E-state index contributed by atoms with van der Waals surface area (Å²) in [5, 5.41) is 14.6. The molecule has 0 atom stereocenters. The highest BCUT2D eigenvalue weighted by molar-refractivity contribution is 6.32. The van der Waals surface area contributed by atoms with Gasteiger partial charge >= 0.3 is 0 Å². The summed E-state index contributed by atoms with van der Waals surface area (Å²) in [7, 11) is 0. The summed E-state index contributed by atoms with van der Waals surface area (Å²) in [6, 6.07) is 9.77. The van der Waals surface area contributed by atoms with Gasteiger partial charge in [-0.25, -0.2) is 5.43 Å². The van der Waals surface area contributed by atoms with E-state index in [4.69, 9.17) is 22.1 Å². The number of halogens is 1. The number of benzene rings is 2. The SMILES string of the molecule is NC(=O)COc1ccc(/C=N/NC(=O)c2ccc([N+](=O)[O-])cc2)cc1Cl. The van der Waals surface area contributed by atoms with Crippen LogP contribution in [0.25, 0.3) is 0 Å². The van der Waals surface area contributed by atoms with Gasteiger partial charge in [0, 0.05) is 17.7 Å². The monoisotopic (exact) mass is 376 g/mol. The van der Waals surface area contributed by atoms with E-state index in [0.29, 0.717) is 5.56 Å². The Labute approximate surface area is 152 Å². The summed E-state index contributed by atoms with van der Waals surface area (Å²) < 4.78 is 5.11. The first kappa shape index (κ1) is 18.9. The highest BCUT2D eigenvalue weighted by atomic mass is 35.5. The Balaban J connectivity index is 1.97. The van der Waals surface area contributed by atoms with Crippen LogP contribution in [0.3, 0.4) is 0 Å². The average Bonchev–Trinajstić information content (AvgIpc) is 2.60. The zero-order valence-electron chi connectivity index (χ0n) is 13.2. The molecule has 26 heavy (non-hydrogen) atoms. The lowest BCUT2D eigenvalue weighted by Gasteiger charge is -2.06. The minimum Gasteiger partial charge on any atom is -0.482 e. The van der Waals surface area contributed by atoms with E-state index in [-0.39, 0.29) is 28.6 Å². The van der Waals surface area contributed by atoms with Gasteiger partial charge in [0.1, 0.15) is 5.75 Å². The molecule has 2 aromatic rings. The largest absolute Gasteiger partial charge is 0.482 e. The van der Waals surface area contributed by atoms with Crippen LogP contribution in [0.4, 0.5) is 5.69 Å². The molecule has 0 aliphatic heterocycles. The van der Waals surface area contributed by atoms with Crippen molar-refractivity contribution in [1.82, 2.24) is 5.43 Å². The van der Waals surface area contributed by atoms with Gasteiger partial charge in [-0.15, -0.1) is 0 Å². The Kier molecular flexibility index (Phi) is 6.23. The van der Waals surface area contributed by atoms with Crippen LogP contribution < -0.4 is 15.9 Å². The molecule has 2 rings (SSSR count). The van der Waals surface area contributed by atoms with Crippen LogP contribution in [-0.2, 0) is 4.79 Å². The Morgan fingerprint density at radius 3 is 2.54 bits per heavy atom. The number of non-ortho nitro benzene ring substituents is 1. The molecule has 0 bridgehead atoms. The Morgan fingerprint density at radius 1 is 1.27 bits per heavy atom. The van der Waals surface area contributed by atoms with Gasteiger partial charge < -0.3 is 10.5 Å². The molecular weight excluding hydrogens is 364 g/mol. The van der Waals surface area contributed by atoms with Crippen LogP contribution in [0.2, 0.25) is 5.02 Å². The van der Waals surface area contributed by atoms with Crippen molar-refractivity contribution in [2.24, 2.45) is 10.8 Å². The lowest BCUT2D eigenvalue weighted by Crippen LogP contribution is -2.20. The molecule has 0 spiro atoms. The number of nitrogens with one attached hydrogen (secondary N) is 1. The number of nitrogens with zero attached hydrogens (tertiary/aromatic N) is 2. The molecule has 0 radical (unpaired) electrons. The summed E-state index contributed by atoms with van der Waals surface area (Å²) in [5.41, 5.74) is 7.96. The van der Waals surface area contributed by atoms with E-state index in [2.05, 4.69) is 10.5 Å². The second kappa shape index (κ2) is 8.58. The normalized spacial score (nSPS) is 10.5. The highest BCUT2D eigenvalue weighted by Crippen LogP contribution is 2.24. The molecule has 0 aromatic heterocycles. The number of hydrogen-bond donors (Lipinski definition) is 2. The third-order valence-electron chi connectivity index (χ3n) is 3.05. The molecule has 0 unspecified atom stereocenters. The van der Waals surface area contributed by atoms with Crippen molar-refractivity contribution in [3.8, 4) is 5.75 Å². The lowest BCUT2D eigenvalue weighted by molar-refractivity contribution is -0.384. The topological polar surface area (TPSA) is 137 Å². The second-order valence-corrected chi connectivity index (χ2v) is 5.36. The minimum atomic E-state index is -0.624. The number of rotatable bonds is 7. The van der Waals surface area contributed by atoms with E-state index in [1.165, 1.54) is 42.6 Å². The van der Waals surface area contributed by atoms with Crippen molar-refractivity contribution < 1.29 is 19.2 Å². The van der Waals surface area contributed by atoms with Gasteiger partial charge in [-0.3, -0.25) is 19.7 Å². The molecule has 3 N–H and O–H groups in total. The minimum absolute atomic E-state index is 0.113. The van der Waals surface area contributed by atoms with Gasteiger partial charge in [0.15, 0.2) is 6.61 Å². The van der Waals surface area contributed by atoms with Crippen molar-refractivity contribution in [1.29, 1.82) is 0 Å². The van der Waals surface area contributed by atoms with Crippen LogP contribution >= 0.6 is 11.6 Å². The third kappa shape index (κ3) is 5.28. The van der Waals surface area contributed by atoms with Crippen molar-refractivity contribution in [3.05, 3.63) is 68.7 Å². The summed E-state index contributed by atoms with van der Waals surface area (Å²) >= 11 is 6.01. The first-order valence-electron chi connectivity index (χ1n) is 7.15. The molecule has 2 amide bonds. The number of carbonyl (C=O) groups is 2. The van der Waals surface area contributed by atoms with E-state index in [1.807, 2.05) is 0 Å². The number of hydrazone groups is 1. The molecule has 2 aromatic carbocycles. The van der Waals surface area contributed by atoms with Crippen LogP contribution in [-0.4, -0.2) is 29.6 Å². The van der Waals surface area contributed by atoms with Crippen molar-refractivity contribution in [3.63, 3.8) is 0 Å². The van der Waals surface area contributed by atoms with Crippen LogP contribution in [0.1, 0.15) is 15.9 Å². The summed E-state index contributed by atoms with van der Waals surface area (Å²) in [4.78, 5) is 32.6. The molecule has 10 heteroatoms. The van der Waals surface area contributed by atoms with Gasteiger partial charge in [-0.2, -0.15) is 5.10 Å². The fourth-order valence-corrected chi connectivity index (χ4v) is 2.07. The Bertz CT molecular complexity index is 867. The molecule has 0 heterocycles. The van der Waals surface area contributed by atoms with Gasteiger partial charge in [0.2, 0.25) is 0 Å². The molecule has 9 nitrogen and oxygen atoms in total. The van der Waals surface area contributed by atoms with E-state index < -0.39 is 16.7 Å². The third-order valence-corrected chi connectivity index (χ3v) is 3.34. The van der Waals surface area contributed by atoms with E-state index in [0.717, 1.165) is 0 Å². The summed E-state index contributed by atoms with van der Waals surface area (Å²) in [6.45, 7) is -0.293. The molecule has 0 saturated heterocycles. The molecule has 0 aliphatic rings. The fourth-order valence-electron chi connectivity index (χ4n) is 1.83. The van der Waals surface area contributed by atoms with Crippen molar-refractivity contribution >= 4 is 35.3 Å². The Hall–Kier alpha value is -3.46. The fraction of sp³-hybridized carbons (Fsp3) is 0.0625. The number of primary amides is 1. The number of nitrogens with two attached hydrogens (primary N) is 1. The number of nitro benzene ring substituents is 1. The maximum absolute atomic E-state index is 11.9. The lowest BCUT2D eigenvalue weighted by atomic mass is 10.2. The van der Waals surface area contributed by atoms with Gasteiger partial charge in [-0.1, -0.05) is 11.6 Å². The molecule has 0 fully saturated rings. The second-order valence-electron chi connectivity index (χ2n) is 4.95. The smallest absolute Gasteiger partial charge is 0.271 e. The van der Waals surface area contributed by atoms with E-state index in [9.17, 15) is 19.7 Å². The quantitative estimate of drug-likeness (QED) is 0.431. The first-order valence-corrected chi connectivity index (χ1v) is 7.53. The summed E-state index contributed by atoms with van der Waals surface area (Å²) in [6.07, 6.45) is 1.35. The van der Waals surface area contributed by atoms with E-state index >= 15 is 0 Å².